The topological polar surface area (TPSA) is 20.2 Å². The molecule has 1 fully saturated rings. The largest absolute Gasteiger partial charge is 0.396 e. The SMILES string of the molecule is CC(C)(C)C1CC1(C)CO. The van der Waals surface area contributed by atoms with Crippen LogP contribution in [0.25, 0.3) is 0 Å². The zero-order valence-corrected chi connectivity index (χ0v) is 7.44. The van der Waals surface area contributed by atoms with E-state index in [9.17, 15) is 0 Å². The van der Waals surface area contributed by atoms with Crippen LogP contribution >= 0.6 is 0 Å². The van der Waals surface area contributed by atoms with Crippen LogP contribution in [-0.2, 0) is 0 Å². The van der Waals surface area contributed by atoms with E-state index in [1.165, 1.54) is 6.42 Å². The first kappa shape index (κ1) is 8.06. The first-order valence-corrected chi connectivity index (χ1v) is 4.01. The Bertz CT molecular complexity index is 134. The predicted molar refractivity (Wildman–Crippen MR) is 42.8 cm³/mol. The van der Waals surface area contributed by atoms with E-state index in [1.807, 2.05) is 0 Å². The smallest absolute Gasteiger partial charge is 0.0487 e. The zero-order valence-electron chi connectivity index (χ0n) is 7.44. The molecule has 1 rings (SSSR count). The number of hydrogen-bond donors (Lipinski definition) is 1. The first-order chi connectivity index (χ1) is 4.40. The van der Waals surface area contributed by atoms with E-state index >= 15 is 0 Å². The third kappa shape index (κ3) is 1.20. The lowest BCUT2D eigenvalue weighted by atomic mass is 9.85. The summed E-state index contributed by atoms with van der Waals surface area (Å²) in [4.78, 5) is 0. The molecule has 1 aliphatic rings. The molecule has 0 aromatic carbocycles. The Morgan fingerprint density at radius 3 is 2.10 bits per heavy atom. The molecule has 1 heteroatoms. The molecule has 1 saturated carbocycles. The third-order valence-electron chi connectivity index (χ3n) is 2.76. The highest BCUT2D eigenvalue weighted by Crippen LogP contribution is 2.60. The third-order valence-corrected chi connectivity index (χ3v) is 2.76. The van der Waals surface area contributed by atoms with Crippen LogP contribution in [0, 0.1) is 16.7 Å². The Hall–Kier alpha value is -0.0400. The molecule has 0 aromatic heterocycles. The Morgan fingerprint density at radius 2 is 2.00 bits per heavy atom. The van der Waals surface area contributed by atoms with Crippen molar-refractivity contribution in [3.63, 3.8) is 0 Å². The lowest BCUT2D eigenvalue weighted by Crippen LogP contribution is -2.16. The number of aliphatic hydroxyl groups excluding tert-OH is 1. The maximum Gasteiger partial charge on any atom is 0.0487 e. The molecule has 0 aliphatic heterocycles. The molecular formula is C9H18O. The van der Waals surface area contributed by atoms with E-state index in [4.69, 9.17) is 5.11 Å². The Kier molecular flexibility index (Phi) is 1.59. The Balaban J connectivity index is 2.52. The van der Waals surface area contributed by atoms with E-state index in [0.29, 0.717) is 12.0 Å². The Morgan fingerprint density at radius 1 is 1.50 bits per heavy atom. The van der Waals surface area contributed by atoms with Crippen molar-refractivity contribution >= 4 is 0 Å². The van der Waals surface area contributed by atoms with Crippen LogP contribution in [0.3, 0.4) is 0 Å². The lowest BCUT2D eigenvalue weighted by molar-refractivity contribution is 0.180. The van der Waals surface area contributed by atoms with Crippen LogP contribution in [0.15, 0.2) is 0 Å². The average molecular weight is 142 g/mol. The van der Waals surface area contributed by atoms with Crippen LogP contribution in [0.2, 0.25) is 0 Å². The van der Waals surface area contributed by atoms with E-state index < -0.39 is 0 Å². The summed E-state index contributed by atoms with van der Waals surface area (Å²) in [5.41, 5.74) is 0.635. The van der Waals surface area contributed by atoms with Gasteiger partial charge < -0.3 is 5.11 Å². The number of hydrogen-bond acceptors (Lipinski definition) is 1. The molecule has 10 heavy (non-hydrogen) atoms. The second-order valence-corrected chi connectivity index (χ2v) is 4.93. The minimum Gasteiger partial charge on any atom is -0.396 e. The van der Waals surface area contributed by atoms with Gasteiger partial charge in [0.25, 0.3) is 0 Å². The summed E-state index contributed by atoms with van der Waals surface area (Å²) in [7, 11) is 0. The highest BCUT2D eigenvalue weighted by atomic mass is 16.3. The zero-order chi connectivity index (χ0) is 7.99. The van der Waals surface area contributed by atoms with Crippen LogP contribution in [0.5, 0.6) is 0 Å². The quantitative estimate of drug-likeness (QED) is 0.594. The van der Waals surface area contributed by atoms with Gasteiger partial charge in [-0.1, -0.05) is 27.7 Å². The van der Waals surface area contributed by atoms with E-state index in [2.05, 4.69) is 27.7 Å². The van der Waals surface area contributed by atoms with Crippen molar-refractivity contribution in [2.45, 2.75) is 34.1 Å². The molecule has 2 atom stereocenters. The molecular weight excluding hydrogens is 124 g/mol. The maximum atomic E-state index is 9.00. The standard InChI is InChI=1S/C9H18O/c1-8(2,3)7-5-9(7,4)6-10/h7,10H,5-6H2,1-4H3. The monoisotopic (exact) mass is 142 g/mol. The van der Waals surface area contributed by atoms with Crippen LogP contribution in [-0.4, -0.2) is 11.7 Å². The van der Waals surface area contributed by atoms with Gasteiger partial charge in [0.05, 0.1) is 0 Å². The fraction of sp³-hybridized carbons (Fsp3) is 1.00. The number of aliphatic hydroxyl groups is 1. The van der Waals surface area contributed by atoms with E-state index in [1.54, 1.807) is 0 Å². The van der Waals surface area contributed by atoms with Crippen LogP contribution in [0.4, 0.5) is 0 Å². The molecule has 0 aromatic rings. The molecule has 0 bridgehead atoms. The highest BCUT2D eigenvalue weighted by molar-refractivity contribution is 5.03. The molecule has 0 spiro atoms. The molecule has 0 saturated heterocycles. The fourth-order valence-electron chi connectivity index (χ4n) is 1.93. The van der Waals surface area contributed by atoms with Crippen LogP contribution < -0.4 is 0 Å². The summed E-state index contributed by atoms with van der Waals surface area (Å²) in [5.74, 6) is 0.727. The normalized spacial score (nSPS) is 39.9. The van der Waals surface area contributed by atoms with Gasteiger partial charge in [-0.15, -0.1) is 0 Å². The van der Waals surface area contributed by atoms with Crippen molar-refractivity contribution in [1.82, 2.24) is 0 Å². The average Bonchev–Trinajstić information content (AvgIpc) is 2.43. The van der Waals surface area contributed by atoms with Gasteiger partial charge in [0, 0.05) is 6.61 Å². The molecule has 60 valence electrons. The minimum absolute atomic E-state index is 0.248. The van der Waals surface area contributed by atoms with Crippen molar-refractivity contribution in [2.75, 3.05) is 6.61 Å². The van der Waals surface area contributed by atoms with Crippen molar-refractivity contribution in [2.24, 2.45) is 16.7 Å². The molecule has 2 unspecified atom stereocenters. The van der Waals surface area contributed by atoms with Crippen molar-refractivity contribution in [3.8, 4) is 0 Å². The van der Waals surface area contributed by atoms with Gasteiger partial charge in [-0.25, -0.2) is 0 Å². The van der Waals surface area contributed by atoms with Crippen LogP contribution in [0.1, 0.15) is 34.1 Å². The summed E-state index contributed by atoms with van der Waals surface area (Å²) < 4.78 is 0. The van der Waals surface area contributed by atoms with Gasteiger partial charge in [0.15, 0.2) is 0 Å². The summed E-state index contributed by atoms with van der Waals surface area (Å²) >= 11 is 0. The summed E-state index contributed by atoms with van der Waals surface area (Å²) in [6, 6.07) is 0. The summed E-state index contributed by atoms with van der Waals surface area (Å²) in [6.07, 6.45) is 1.20. The van der Waals surface area contributed by atoms with Gasteiger partial charge in [0.1, 0.15) is 0 Å². The second-order valence-electron chi connectivity index (χ2n) is 4.93. The number of rotatable bonds is 1. The maximum absolute atomic E-state index is 9.00. The van der Waals surface area contributed by atoms with Gasteiger partial charge in [-0.3, -0.25) is 0 Å². The predicted octanol–water partition coefficient (Wildman–Crippen LogP) is 2.05. The van der Waals surface area contributed by atoms with Crippen molar-refractivity contribution in [3.05, 3.63) is 0 Å². The Labute approximate surface area is 63.4 Å². The van der Waals surface area contributed by atoms with Gasteiger partial charge >= 0.3 is 0 Å². The van der Waals surface area contributed by atoms with E-state index in [0.717, 1.165) is 5.92 Å². The molecule has 1 N–H and O–H groups in total. The van der Waals surface area contributed by atoms with Crippen molar-refractivity contribution in [1.29, 1.82) is 0 Å². The molecule has 0 radical (unpaired) electrons. The molecule has 0 heterocycles. The minimum atomic E-state index is 0.248. The van der Waals surface area contributed by atoms with Gasteiger partial charge in [-0.2, -0.15) is 0 Å². The first-order valence-electron chi connectivity index (χ1n) is 4.01. The van der Waals surface area contributed by atoms with Crippen molar-refractivity contribution < 1.29 is 5.11 Å². The lowest BCUT2D eigenvalue weighted by Gasteiger charge is -2.20. The summed E-state index contributed by atoms with van der Waals surface area (Å²) in [6.45, 7) is 9.27. The highest BCUT2D eigenvalue weighted by Gasteiger charge is 2.54. The molecule has 0 amide bonds. The summed E-state index contributed by atoms with van der Waals surface area (Å²) in [5, 5.41) is 9.00. The van der Waals surface area contributed by atoms with Gasteiger partial charge in [-0.05, 0) is 23.2 Å². The molecule has 1 nitrogen and oxygen atoms in total. The van der Waals surface area contributed by atoms with Gasteiger partial charge in [0.2, 0.25) is 0 Å². The van der Waals surface area contributed by atoms with E-state index in [-0.39, 0.29) is 5.41 Å². The fourth-order valence-corrected chi connectivity index (χ4v) is 1.93. The molecule has 1 aliphatic carbocycles. The second kappa shape index (κ2) is 1.97.